The maximum absolute atomic E-state index is 12.0. The zero-order valence-corrected chi connectivity index (χ0v) is 15.3. The molecular formula is C22H27NO2. The highest BCUT2D eigenvalue weighted by Gasteiger charge is 2.53. The molecule has 1 unspecified atom stereocenters. The molecule has 1 saturated heterocycles. The van der Waals surface area contributed by atoms with Crippen LogP contribution in [0, 0.1) is 12.8 Å². The van der Waals surface area contributed by atoms with Crippen molar-refractivity contribution in [3.63, 3.8) is 0 Å². The van der Waals surface area contributed by atoms with Crippen LogP contribution < -0.4 is 4.74 Å². The summed E-state index contributed by atoms with van der Waals surface area (Å²) >= 11 is 0. The van der Waals surface area contributed by atoms with Gasteiger partial charge in [0.05, 0.1) is 7.11 Å². The molecule has 1 aliphatic carbocycles. The highest BCUT2D eigenvalue weighted by Crippen LogP contribution is 2.55. The molecule has 0 radical (unpaired) electrons. The van der Waals surface area contributed by atoms with Crippen molar-refractivity contribution < 1.29 is 9.84 Å². The summed E-state index contributed by atoms with van der Waals surface area (Å²) in [4.78, 5) is 2.50. The summed E-state index contributed by atoms with van der Waals surface area (Å²) in [6.45, 7) is 7.50. The van der Waals surface area contributed by atoms with E-state index in [1.165, 1.54) is 11.1 Å². The van der Waals surface area contributed by atoms with Crippen LogP contribution in [0.25, 0.3) is 0 Å². The molecule has 3 heteroatoms. The molecule has 1 aliphatic heterocycles. The number of aryl methyl sites for hydroxylation is 1. The number of fused-ring (bicyclic) bond motifs is 3. The number of likely N-dealkylation sites (N-methyl/N-ethyl adjacent to an activating group) is 1. The van der Waals surface area contributed by atoms with Crippen molar-refractivity contribution >= 4 is 0 Å². The molecule has 0 saturated carbocycles. The maximum Gasteiger partial charge on any atom is 0.118 e. The lowest BCUT2D eigenvalue weighted by atomic mass is 9.74. The van der Waals surface area contributed by atoms with Crippen molar-refractivity contribution in [2.45, 2.75) is 31.8 Å². The van der Waals surface area contributed by atoms with Gasteiger partial charge < -0.3 is 14.7 Å². The third kappa shape index (κ3) is 2.49. The molecule has 2 aliphatic rings. The van der Waals surface area contributed by atoms with Gasteiger partial charge in [0.15, 0.2) is 0 Å². The molecule has 1 heterocycles. The third-order valence-corrected chi connectivity index (χ3v) is 6.23. The molecule has 0 aromatic heterocycles. The Balaban J connectivity index is 1.84. The lowest BCUT2D eigenvalue weighted by Crippen LogP contribution is -2.44. The summed E-state index contributed by atoms with van der Waals surface area (Å²) in [7, 11) is 1.68. The zero-order valence-electron chi connectivity index (χ0n) is 15.3. The van der Waals surface area contributed by atoms with Crippen LogP contribution in [0.5, 0.6) is 5.75 Å². The molecule has 0 bridgehead atoms. The number of aliphatic hydroxyl groups is 1. The first-order valence-corrected chi connectivity index (χ1v) is 9.28. The van der Waals surface area contributed by atoms with E-state index in [4.69, 9.17) is 4.74 Å². The summed E-state index contributed by atoms with van der Waals surface area (Å²) in [5.74, 6) is 1.46. The van der Waals surface area contributed by atoms with Gasteiger partial charge in [-0.05, 0) is 55.3 Å². The zero-order chi connectivity index (χ0) is 17.6. The lowest BCUT2D eigenvalue weighted by molar-refractivity contribution is -0.00743. The van der Waals surface area contributed by atoms with Crippen molar-refractivity contribution in [3.8, 4) is 5.75 Å². The molecule has 0 amide bonds. The summed E-state index contributed by atoms with van der Waals surface area (Å²) < 4.78 is 5.30. The number of methoxy groups -OCH3 is 1. The highest BCUT2D eigenvalue weighted by atomic mass is 16.5. The number of ether oxygens (including phenoxy) is 1. The number of hydrogen-bond donors (Lipinski definition) is 1. The van der Waals surface area contributed by atoms with Crippen molar-refractivity contribution in [2.24, 2.45) is 5.92 Å². The lowest BCUT2D eigenvalue weighted by Gasteiger charge is -2.40. The van der Waals surface area contributed by atoms with E-state index in [0.29, 0.717) is 5.92 Å². The normalized spacial score (nSPS) is 28.5. The van der Waals surface area contributed by atoms with Crippen molar-refractivity contribution in [3.05, 3.63) is 64.7 Å². The number of piperidine rings is 1. The van der Waals surface area contributed by atoms with Crippen molar-refractivity contribution in [1.29, 1.82) is 0 Å². The average molecular weight is 337 g/mol. The fraction of sp³-hybridized carbons (Fsp3) is 0.455. The second-order valence-electron chi connectivity index (χ2n) is 7.48. The third-order valence-electron chi connectivity index (χ3n) is 6.23. The molecule has 3 nitrogen and oxygen atoms in total. The first-order chi connectivity index (χ1) is 12.1. The van der Waals surface area contributed by atoms with Gasteiger partial charge >= 0.3 is 0 Å². The fourth-order valence-electron chi connectivity index (χ4n) is 4.86. The minimum atomic E-state index is -0.905. The molecule has 0 spiro atoms. The number of benzene rings is 2. The Morgan fingerprint density at radius 2 is 1.96 bits per heavy atom. The van der Waals surface area contributed by atoms with Crippen molar-refractivity contribution in [1.82, 2.24) is 4.90 Å². The van der Waals surface area contributed by atoms with E-state index >= 15 is 0 Å². The Bertz CT molecular complexity index is 770. The van der Waals surface area contributed by atoms with E-state index in [1.807, 2.05) is 24.3 Å². The summed E-state index contributed by atoms with van der Waals surface area (Å²) in [5.41, 5.74) is 3.71. The topological polar surface area (TPSA) is 32.7 Å². The predicted molar refractivity (Wildman–Crippen MR) is 100 cm³/mol. The first kappa shape index (κ1) is 16.6. The molecule has 1 fully saturated rings. The maximum atomic E-state index is 12.0. The van der Waals surface area contributed by atoms with Crippen LogP contribution in [0.1, 0.15) is 41.5 Å². The second-order valence-corrected chi connectivity index (χ2v) is 7.48. The highest BCUT2D eigenvalue weighted by molar-refractivity contribution is 5.51. The number of nitrogens with zero attached hydrogens (tertiary/aromatic N) is 1. The molecule has 1 N–H and O–H groups in total. The smallest absolute Gasteiger partial charge is 0.118 e. The van der Waals surface area contributed by atoms with Gasteiger partial charge in [0, 0.05) is 18.4 Å². The van der Waals surface area contributed by atoms with Crippen LogP contribution in [0.3, 0.4) is 0 Å². The van der Waals surface area contributed by atoms with Crippen LogP contribution >= 0.6 is 0 Å². The van der Waals surface area contributed by atoms with Crippen LogP contribution in [-0.2, 0) is 5.60 Å². The molecular weight excluding hydrogens is 310 g/mol. The van der Waals surface area contributed by atoms with E-state index < -0.39 is 5.60 Å². The van der Waals surface area contributed by atoms with Crippen LogP contribution in [0.15, 0.2) is 42.5 Å². The number of rotatable bonds is 3. The Hall–Kier alpha value is -1.84. The van der Waals surface area contributed by atoms with Gasteiger partial charge in [-0.1, -0.05) is 42.8 Å². The SMILES string of the molecule is CCN1CC[C@@H]2[C@H](C1)c1ccc(C)cc1C2(O)c1ccc(OC)cc1. The largest absolute Gasteiger partial charge is 0.497 e. The summed E-state index contributed by atoms with van der Waals surface area (Å²) in [6, 6.07) is 14.6. The molecule has 3 atom stereocenters. The Kier molecular flexibility index (Phi) is 4.09. The van der Waals surface area contributed by atoms with Gasteiger partial charge in [0.2, 0.25) is 0 Å². The van der Waals surface area contributed by atoms with Gasteiger partial charge in [0.25, 0.3) is 0 Å². The van der Waals surface area contributed by atoms with Gasteiger partial charge in [-0.25, -0.2) is 0 Å². The van der Waals surface area contributed by atoms with Gasteiger partial charge in [-0.15, -0.1) is 0 Å². The standard InChI is InChI=1S/C22H27NO2/c1-4-23-12-11-20-19(14-23)18-10-5-15(2)13-21(18)22(20,24)16-6-8-17(25-3)9-7-16/h5-10,13,19-20,24H,4,11-12,14H2,1-3H3/t19-,20-,22?/m1/s1. The van der Waals surface area contributed by atoms with Crippen molar-refractivity contribution in [2.75, 3.05) is 26.7 Å². The monoisotopic (exact) mass is 337 g/mol. The minimum absolute atomic E-state index is 0.237. The van der Waals surface area contributed by atoms with E-state index in [-0.39, 0.29) is 5.92 Å². The minimum Gasteiger partial charge on any atom is -0.497 e. The first-order valence-electron chi connectivity index (χ1n) is 9.28. The quantitative estimate of drug-likeness (QED) is 0.927. The van der Waals surface area contributed by atoms with Gasteiger partial charge in [0.1, 0.15) is 11.4 Å². The van der Waals surface area contributed by atoms with Gasteiger partial charge in [-0.2, -0.15) is 0 Å². The van der Waals surface area contributed by atoms with E-state index in [0.717, 1.165) is 42.9 Å². The van der Waals surface area contributed by atoms with Crippen LogP contribution in [0.4, 0.5) is 0 Å². The molecule has 4 rings (SSSR count). The number of likely N-dealkylation sites (tertiary alicyclic amines) is 1. The molecule has 2 aromatic carbocycles. The number of hydrogen-bond acceptors (Lipinski definition) is 3. The van der Waals surface area contributed by atoms with E-state index in [1.54, 1.807) is 7.11 Å². The van der Waals surface area contributed by atoms with Crippen LogP contribution in [-0.4, -0.2) is 36.8 Å². The van der Waals surface area contributed by atoms with Crippen LogP contribution in [0.2, 0.25) is 0 Å². The summed E-state index contributed by atoms with van der Waals surface area (Å²) in [5, 5.41) is 12.0. The summed E-state index contributed by atoms with van der Waals surface area (Å²) in [6.07, 6.45) is 1.02. The van der Waals surface area contributed by atoms with Gasteiger partial charge in [-0.3, -0.25) is 0 Å². The molecule has 25 heavy (non-hydrogen) atoms. The Morgan fingerprint density at radius 1 is 1.20 bits per heavy atom. The second kappa shape index (κ2) is 6.15. The predicted octanol–water partition coefficient (Wildman–Crippen LogP) is 3.68. The van der Waals surface area contributed by atoms with E-state index in [2.05, 4.69) is 36.9 Å². The molecule has 2 aromatic rings. The fourth-order valence-corrected chi connectivity index (χ4v) is 4.86. The average Bonchev–Trinajstić information content (AvgIpc) is 2.90. The Labute approximate surface area is 150 Å². The van der Waals surface area contributed by atoms with E-state index in [9.17, 15) is 5.11 Å². The molecule has 132 valence electrons. The Morgan fingerprint density at radius 3 is 2.64 bits per heavy atom.